The van der Waals surface area contributed by atoms with Crippen molar-refractivity contribution in [3.63, 3.8) is 0 Å². The summed E-state index contributed by atoms with van der Waals surface area (Å²) in [7, 11) is 0. The van der Waals surface area contributed by atoms with Gasteiger partial charge in [-0.15, -0.1) is 0 Å². The lowest BCUT2D eigenvalue weighted by Crippen LogP contribution is -2.21. The summed E-state index contributed by atoms with van der Waals surface area (Å²) < 4.78 is 5.84. The SMILES string of the molecule is N#Cc1ccccc1COc1cccc(CN2CC[C@H](O)C2)c1. The Morgan fingerprint density at radius 3 is 2.87 bits per heavy atom. The molecule has 0 aromatic heterocycles. The number of ether oxygens (including phenoxy) is 1. The zero-order chi connectivity index (χ0) is 16.1. The van der Waals surface area contributed by atoms with Crippen molar-refractivity contribution in [3.8, 4) is 11.8 Å². The average Bonchev–Trinajstić information content (AvgIpc) is 2.98. The molecule has 0 aliphatic carbocycles. The van der Waals surface area contributed by atoms with Crippen LogP contribution in [-0.2, 0) is 13.2 Å². The number of likely N-dealkylation sites (tertiary alicyclic amines) is 1. The highest BCUT2D eigenvalue weighted by Crippen LogP contribution is 2.19. The number of nitriles is 1. The zero-order valence-electron chi connectivity index (χ0n) is 13.0. The summed E-state index contributed by atoms with van der Waals surface area (Å²) in [4.78, 5) is 2.24. The summed E-state index contributed by atoms with van der Waals surface area (Å²) in [6, 6.07) is 17.7. The quantitative estimate of drug-likeness (QED) is 0.922. The van der Waals surface area contributed by atoms with Gasteiger partial charge in [-0.3, -0.25) is 4.90 Å². The van der Waals surface area contributed by atoms with Crippen molar-refractivity contribution in [2.75, 3.05) is 13.1 Å². The summed E-state index contributed by atoms with van der Waals surface area (Å²) in [6.07, 6.45) is 0.651. The second-order valence-corrected chi connectivity index (χ2v) is 5.88. The summed E-state index contributed by atoms with van der Waals surface area (Å²) in [5.41, 5.74) is 2.71. The normalized spacial score (nSPS) is 17.8. The molecule has 0 saturated carbocycles. The highest BCUT2D eigenvalue weighted by molar-refractivity contribution is 5.37. The van der Waals surface area contributed by atoms with Gasteiger partial charge in [0.2, 0.25) is 0 Å². The standard InChI is InChI=1S/C19H20N2O2/c20-11-16-5-1-2-6-17(16)14-23-19-7-3-4-15(10-19)12-21-9-8-18(22)13-21/h1-7,10,18,22H,8-9,12-14H2/t18-/m0/s1. The number of nitrogens with zero attached hydrogens (tertiary/aromatic N) is 2. The van der Waals surface area contributed by atoms with E-state index in [9.17, 15) is 5.11 Å². The van der Waals surface area contributed by atoms with Crippen LogP contribution in [0, 0.1) is 11.3 Å². The summed E-state index contributed by atoms with van der Waals surface area (Å²) >= 11 is 0. The van der Waals surface area contributed by atoms with Crippen LogP contribution in [0.25, 0.3) is 0 Å². The number of benzene rings is 2. The van der Waals surface area contributed by atoms with Crippen molar-refractivity contribution in [2.24, 2.45) is 0 Å². The Balaban J connectivity index is 1.62. The molecule has 3 rings (SSSR count). The summed E-state index contributed by atoms with van der Waals surface area (Å²) in [5, 5.41) is 18.7. The third-order valence-electron chi connectivity index (χ3n) is 4.08. The van der Waals surface area contributed by atoms with Gasteiger partial charge in [0.05, 0.1) is 17.7 Å². The molecule has 0 radical (unpaired) electrons. The van der Waals surface area contributed by atoms with E-state index in [1.807, 2.05) is 36.4 Å². The van der Waals surface area contributed by atoms with Gasteiger partial charge in [-0.1, -0.05) is 30.3 Å². The minimum absolute atomic E-state index is 0.197. The molecule has 1 aliphatic rings. The number of aliphatic hydroxyl groups is 1. The van der Waals surface area contributed by atoms with Gasteiger partial charge in [0.25, 0.3) is 0 Å². The van der Waals surface area contributed by atoms with E-state index >= 15 is 0 Å². The Morgan fingerprint density at radius 1 is 1.22 bits per heavy atom. The summed E-state index contributed by atoms with van der Waals surface area (Å²) in [5.74, 6) is 0.801. The number of hydrogen-bond acceptors (Lipinski definition) is 4. The minimum atomic E-state index is -0.197. The molecule has 0 amide bonds. The molecule has 1 atom stereocenters. The number of aliphatic hydroxyl groups excluding tert-OH is 1. The van der Waals surface area contributed by atoms with Crippen LogP contribution in [0.15, 0.2) is 48.5 Å². The molecule has 2 aromatic carbocycles. The molecule has 0 unspecified atom stereocenters. The molecule has 0 bridgehead atoms. The van der Waals surface area contributed by atoms with Crippen LogP contribution < -0.4 is 4.74 Å². The molecular weight excluding hydrogens is 288 g/mol. The van der Waals surface area contributed by atoms with Crippen molar-refractivity contribution in [1.82, 2.24) is 4.90 Å². The Morgan fingerprint density at radius 2 is 2.09 bits per heavy atom. The van der Waals surface area contributed by atoms with E-state index in [1.165, 1.54) is 5.56 Å². The van der Waals surface area contributed by atoms with Crippen molar-refractivity contribution >= 4 is 0 Å². The van der Waals surface area contributed by atoms with E-state index in [1.54, 1.807) is 6.07 Å². The fraction of sp³-hybridized carbons (Fsp3) is 0.316. The fourth-order valence-electron chi connectivity index (χ4n) is 2.86. The van der Waals surface area contributed by atoms with Crippen LogP contribution in [0.3, 0.4) is 0 Å². The van der Waals surface area contributed by atoms with Gasteiger partial charge in [0, 0.05) is 25.2 Å². The molecule has 1 fully saturated rings. The largest absolute Gasteiger partial charge is 0.489 e. The topological polar surface area (TPSA) is 56.5 Å². The first-order valence-electron chi connectivity index (χ1n) is 7.85. The van der Waals surface area contributed by atoms with Crippen LogP contribution >= 0.6 is 0 Å². The molecule has 118 valence electrons. The van der Waals surface area contributed by atoms with Crippen LogP contribution in [0.5, 0.6) is 5.75 Å². The maximum atomic E-state index is 9.60. The molecule has 23 heavy (non-hydrogen) atoms. The van der Waals surface area contributed by atoms with Crippen LogP contribution in [-0.4, -0.2) is 29.2 Å². The molecule has 4 nitrogen and oxygen atoms in total. The van der Waals surface area contributed by atoms with Crippen LogP contribution in [0.2, 0.25) is 0 Å². The van der Waals surface area contributed by atoms with Crippen molar-refractivity contribution < 1.29 is 9.84 Å². The smallest absolute Gasteiger partial charge is 0.120 e. The average molecular weight is 308 g/mol. The van der Waals surface area contributed by atoms with E-state index in [2.05, 4.69) is 17.0 Å². The first-order valence-corrected chi connectivity index (χ1v) is 7.85. The fourth-order valence-corrected chi connectivity index (χ4v) is 2.86. The predicted octanol–water partition coefficient (Wildman–Crippen LogP) is 2.70. The van der Waals surface area contributed by atoms with Crippen molar-refractivity contribution in [2.45, 2.75) is 25.7 Å². The third-order valence-corrected chi connectivity index (χ3v) is 4.08. The van der Waals surface area contributed by atoms with Gasteiger partial charge in [-0.05, 0) is 30.2 Å². The second-order valence-electron chi connectivity index (χ2n) is 5.88. The Hall–Kier alpha value is -2.35. The van der Waals surface area contributed by atoms with Crippen molar-refractivity contribution in [1.29, 1.82) is 5.26 Å². The van der Waals surface area contributed by atoms with E-state index in [0.717, 1.165) is 37.4 Å². The highest BCUT2D eigenvalue weighted by Gasteiger charge is 2.19. The predicted molar refractivity (Wildman–Crippen MR) is 87.8 cm³/mol. The van der Waals surface area contributed by atoms with Crippen LogP contribution in [0.4, 0.5) is 0 Å². The monoisotopic (exact) mass is 308 g/mol. The molecule has 1 aliphatic heterocycles. The Bertz CT molecular complexity index is 709. The molecule has 1 N–H and O–H groups in total. The van der Waals surface area contributed by atoms with Gasteiger partial charge >= 0.3 is 0 Å². The Kier molecular flexibility index (Phi) is 4.92. The maximum absolute atomic E-state index is 9.60. The Labute approximate surface area is 136 Å². The molecule has 4 heteroatoms. The lowest BCUT2D eigenvalue weighted by atomic mass is 10.1. The first-order chi connectivity index (χ1) is 11.2. The number of β-amino-alcohol motifs (C(OH)–C–C–N with tert-alkyl or cyclic N) is 1. The molecular formula is C19H20N2O2. The molecule has 1 saturated heterocycles. The van der Waals surface area contributed by atoms with E-state index in [0.29, 0.717) is 12.2 Å². The van der Waals surface area contributed by atoms with Gasteiger partial charge in [-0.2, -0.15) is 5.26 Å². The first kappa shape index (κ1) is 15.5. The van der Waals surface area contributed by atoms with Gasteiger partial charge in [0.15, 0.2) is 0 Å². The van der Waals surface area contributed by atoms with Crippen LogP contribution in [0.1, 0.15) is 23.1 Å². The lowest BCUT2D eigenvalue weighted by Gasteiger charge is -2.15. The van der Waals surface area contributed by atoms with Gasteiger partial charge in [-0.25, -0.2) is 0 Å². The number of hydrogen-bond donors (Lipinski definition) is 1. The minimum Gasteiger partial charge on any atom is -0.489 e. The molecule has 1 heterocycles. The lowest BCUT2D eigenvalue weighted by molar-refractivity contribution is 0.174. The maximum Gasteiger partial charge on any atom is 0.120 e. The van der Waals surface area contributed by atoms with E-state index in [4.69, 9.17) is 10.00 Å². The zero-order valence-corrected chi connectivity index (χ0v) is 13.0. The third kappa shape index (κ3) is 4.10. The molecule has 2 aromatic rings. The van der Waals surface area contributed by atoms with E-state index in [-0.39, 0.29) is 6.10 Å². The second kappa shape index (κ2) is 7.28. The van der Waals surface area contributed by atoms with Gasteiger partial charge in [0.1, 0.15) is 12.4 Å². The summed E-state index contributed by atoms with van der Waals surface area (Å²) in [6.45, 7) is 2.88. The van der Waals surface area contributed by atoms with Crippen molar-refractivity contribution in [3.05, 3.63) is 65.2 Å². The van der Waals surface area contributed by atoms with Gasteiger partial charge < -0.3 is 9.84 Å². The molecule has 0 spiro atoms. The number of rotatable bonds is 5. The highest BCUT2D eigenvalue weighted by atomic mass is 16.5. The van der Waals surface area contributed by atoms with E-state index < -0.39 is 0 Å².